The van der Waals surface area contributed by atoms with E-state index < -0.39 is 0 Å². The monoisotopic (exact) mass is 413 g/mol. The third kappa shape index (κ3) is 6.46. The fraction of sp³-hybridized carbons (Fsp3) is 0.667. The molecule has 0 aromatic heterocycles. The van der Waals surface area contributed by atoms with Gasteiger partial charge in [-0.2, -0.15) is 0 Å². The number of piperidine rings is 2. The first-order chi connectivity index (χ1) is 14.7. The Morgan fingerprint density at radius 1 is 1.03 bits per heavy atom. The van der Waals surface area contributed by atoms with Crippen LogP contribution in [0.5, 0.6) is 0 Å². The summed E-state index contributed by atoms with van der Waals surface area (Å²) in [5.41, 5.74) is 1.94. The van der Waals surface area contributed by atoms with Crippen molar-refractivity contribution in [2.75, 3.05) is 39.8 Å². The minimum Gasteiger partial charge on any atom is -0.355 e. The Morgan fingerprint density at radius 3 is 2.47 bits per heavy atom. The van der Waals surface area contributed by atoms with Crippen molar-refractivity contribution in [3.8, 4) is 0 Å². The summed E-state index contributed by atoms with van der Waals surface area (Å²) in [5, 5.41) is 6.83. The van der Waals surface area contributed by atoms with Crippen molar-refractivity contribution < 1.29 is 4.79 Å². The minimum absolute atomic E-state index is 0.162. The number of hydrogen-bond donors (Lipinski definition) is 2. The molecule has 0 aliphatic carbocycles. The molecule has 0 spiro atoms. The molecule has 0 radical (unpaired) electrons. The molecular weight excluding hydrogens is 374 g/mol. The predicted octanol–water partition coefficient (Wildman–Crippen LogP) is 3.24. The van der Waals surface area contributed by atoms with Crippen molar-refractivity contribution in [3.63, 3.8) is 0 Å². The molecule has 1 unspecified atom stereocenters. The summed E-state index contributed by atoms with van der Waals surface area (Å²) in [7, 11) is 1.81. The van der Waals surface area contributed by atoms with Crippen molar-refractivity contribution >= 4 is 11.9 Å². The van der Waals surface area contributed by atoms with Crippen molar-refractivity contribution in [1.82, 2.24) is 20.4 Å². The zero-order chi connectivity index (χ0) is 21.2. The van der Waals surface area contributed by atoms with E-state index in [2.05, 4.69) is 27.4 Å². The fourth-order valence-corrected chi connectivity index (χ4v) is 4.59. The second-order valence-electron chi connectivity index (χ2n) is 8.50. The third-order valence-corrected chi connectivity index (χ3v) is 6.44. The van der Waals surface area contributed by atoms with Crippen LogP contribution in [0.2, 0.25) is 0 Å². The standard InChI is InChI=1S/C24H39N5O/c1-3-22-9-5-8-15-28(22)18-14-26-24(25-2)27-19-20-10-12-21(13-11-20)23(30)29-16-6-4-7-17-29/h10-13,22H,3-9,14-19H2,1-2H3,(H2,25,26,27). The fourth-order valence-electron chi connectivity index (χ4n) is 4.59. The van der Waals surface area contributed by atoms with E-state index in [1.54, 1.807) is 0 Å². The van der Waals surface area contributed by atoms with Gasteiger partial charge in [-0.3, -0.25) is 14.7 Å². The van der Waals surface area contributed by atoms with Gasteiger partial charge in [-0.15, -0.1) is 0 Å². The summed E-state index contributed by atoms with van der Waals surface area (Å²) in [6.07, 6.45) is 8.74. The van der Waals surface area contributed by atoms with Crippen LogP contribution in [0.4, 0.5) is 0 Å². The summed E-state index contributed by atoms with van der Waals surface area (Å²) in [5.74, 6) is 0.989. The lowest BCUT2D eigenvalue weighted by Crippen LogP contribution is -2.45. The molecule has 166 valence electrons. The van der Waals surface area contributed by atoms with Crippen LogP contribution in [-0.4, -0.2) is 67.5 Å². The van der Waals surface area contributed by atoms with E-state index in [0.29, 0.717) is 6.54 Å². The van der Waals surface area contributed by atoms with Crippen LogP contribution in [0, 0.1) is 0 Å². The largest absolute Gasteiger partial charge is 0.355 e. The quantitative estimate of drug-likeness (QED) is 0.532. The van der Waals surface area contributed by atoms with Crippen molar-refractivity contribution in [2.24, 2.45) is 4.99 Å². The van der Waals surface area contributed by atoms with Crippen LogP contribution in [0.3, 0.4) is 0 Å². The lowest BCUT2D eigenvalue weighted by molar-refractivity contribution is 0.0724. The van der Waals surface area contributed by atoms with E-state index in [1.807, 2.05) is 36.2 Å². The highest BCUT2D eigenvalue weighted by Crippen LogP contribution is 2.18. The number of aliphatic imine (C=N–C) groups is 1. The number of hydrogen-bond acceptors (Lipinski definition) is 3. The SMILES string of the molecule is CCC1CCCCN1CCNC(=NC)NCc1ccc(C(=O)N2CCCCC2)cc1. The summed E-state index contributed by atoms with van der Waals surface area (Å²) in [6, 6.07) is 8.71. The van der Waals surface area contributed by atoms with E-state index in [-0.39, 0.29) is 5.91 Å². The average Bonchev–Trinajstić information content (AvgIpc) is 2.82. The van der Waals surface area contributed by atoms with E-state index >= 15 is 0 Å². The molecular formula is C24H39N5O. The Labute approximate surface area is 182 Å². The topological polar surface area (TPSA) is 60.0 Å². The summed E-state index contributed by atoms with van der Waals surface area (Å²) in [6.45, 7) is 7.95. The number of nitrogens with zero attached hydrogens (tertiary/aromatic N) is 3. The van der Waals surface area contributed by atoms with Gasteiger partial charge in [0, 0.05) is 51.4 Å². The number of likely N-dealkylation sites (tertiary alicyclic amines) is 2. The molecule has 2 saturated heterocycles. The van der Waals surface area contributed by atoms with Gasteiger partial charge in [0.2, 0.25) is 0 Å². The van der Waals surface area contributed by atoms with Gasteiger partial charge in [0.05, 0.1) is 0 Å². The van der Waals surface area contributed by atoms with Crippen molar-refractivity contribution in [1.29, 1.82) is 0 Å². The molecule has 2 fully saturated rings. The highest BCUT2D eigenvalue weighted by molar-refractivity contribution is 5.94. The molecule has 2 heterocycles. The minimum atomic E-state index is 0.162. The number of nitrogens with one attached hydrogen (secondary N) is 2. The zero-order valence-corrected chi connectivity index (χ0v) is 18.8. The van der Waals surface area contributed by atoms with Crippen LogP contribution in [0.25, 0.3) is 0 Å². The van der Waals surface area contributed by atoms with Crippen LogP contribution >= 0.6 is 0 Å². The van der Waals surface area contributed by atoms with Gasteiger partial charge >= 0.3 is 0 Å². The van der Waals surface area contributed by atoms with Crippen LogP contribution < -0.4 is 10.6 Å². The van der Waals surface area contributed by atoms with Gasteiger partial charge in [0.1, 0.15) is 0 Å². The van der Waals surface area contributed by atoms with Crippen molar-refractivity contribution in [2.45, 2.75) is 64.5 Å². The van der Waals surface area contributed by atoms with E-state index in [1.165, 1.54) is 38.6 Å². The highest BCUT2D eigenvalue weighted by Gasteiger charge is 2.20. The first-order valence-corrected chi connectivity index (χ1v) is 11.8. The summed E-state index contributed by atoms with van der Waals surface area (Å²) in [4.78, 5) is 21.5. The van der Waals surface area contributed by atoms with Crippen LogP contribution in [-0.2, 0) is 6.54 Å². The molecule has 30 heavy (non-hydrogen) atoms. The number of carbonyl (C=O) groups excluding carboxylic acids is 1. The highest BCUT2D eigenvalue weighted by atomic mass is 16.2. The van der Waals surface area contributed by atoms with E-state index in [0.717, 1.165) is 62.1 Å². The maximum absolute atomic E-state index is 12.6. The Balaban J connectivity index is 1.41. The van der Waals surface area contributed by atoms with Crippen LogP contribution in [0.1, 0.15) is 67.8 Å². The average molecular weight is 414 g/mol. The lowest BCUT2D eigenvalue weighted by Gasteiger charge is -2.35. The number of amides is 1. The first kappa shape index (κ1) is 22.6. The molecule has 6 heteroatoms. The van der Waals surface area contributed by atoms with Gasteiger partial charge in [0.25, 0.3) is 5.91 Å². The second-order valence-corrected chi connectivity index (χ2v) is 8.50. The number of carbonyl (C=O) groups is 1. The number of benzene rings is 1. The van der Waals surface area contributed by atoms with Gasteiger partial charge in [-0.1, -0.05) is 25.5 Å². The van der Waals surface area contributed by atoms with E-state index in [9.17, 15) is 4.79 Å². The molecule has 1 amide bonds. The van der Waals surface area contributed by atoms with Gasteiger partial charge in [0.15, 0.2) is 5.96 Å². The molecule has 3 rings (SSSR count). The zero-order valence-electron chi connectivity index (χ0n) is 18.8. The summed E-state index contributed by atoms with van der Waals surface area (Å²) >= 11 is 0. The maximum atomic E-state index is 12.6. The van der Waals surface area contributed by atoms with E-state index in [4.69, 9.17) is 0 Å². The smallest absolute Gasteiger partial charge is 0.253 e. The maximum Gasteiger partial charge on any atom is 0.253 e. The Bertz CT molecular complexity index is 681. The molecule has 0 bridgehead atoms. The Hall–Kier alpha value is -2.08. The van der Waals surface area contributed by atoms with Gasteiger partial charge < -0.3 is 15.5 Å². The molecule has 1 aromatic carbocycles. The molecule has 2 aliphatic heterocycles. The third-order valence-electron chi connectivity index (χ3n) is 6.44. The number of guanidine groups is 1. The predicted molar refractivity (Wildman–Crippen MR) is 124 cm³/mol. The van der Waals surface area contributed by atoms with Crippen molar-refractivity contribution in [3.05, 3.63) is 35.4 Å². The molecule has 0 saturated carbocycles. The molecule has 1 aromatic rings. The molecule has 1 atom stereocenters. The second kappa shape index (κ2) is 11.9. The molecule has 2 N–H and O–H groups in total. The Kier molecular flexibility index (Phi) is 9.00. The van der Waals surface area contributed by atoms with Gasteiger partial charge in [-0.25, -0.2) is 0 Å². The molecule has 2 aliphatic rings. The van der Waals surface area contributed by atoms with Crippen LogP contribution in [0.15, 0.2) is 29.3 Å². The first-order valence-electron chi connectivity index (χ1n) is 11.8. The Morgan fingerprint density at radius 2 is 1.77 bits per heavy atom. The lowest BCUT2D eigenvalue weighted by atomic mass is 10.0. The number of rotatable bonds is 7. The van der Waals surface area contributed by atoms with Gasteiger partial charge in [-0.05, 0) is 62.8 Å². The normalized spacial score (nSPS) is 20.8. The summed E-state index contributed by atoms with van der Waals surface area (Å²) < 4.78 is 0. The molecule has 6 nitrogen and oxygen atoms in total.